The van der Waals surface area contributed by atoms with Gasteiger partial charge in [0, 0.05) is 6.54 Å². The first-order chi connectivity index (χ1) is 9.58. The average molecular weight is 270 g/mol. The van der Waals surface area contributed by atoms with Crippen molar-refractivity contribution in [3.05, 3.63) is 41.0 Å². The highest BCUT2D eigenvalue weighted by Crippen LogP contribution is 2.16. The van der Waals surface area contributed by atoms with Crippen LogP contribution < -0.4 is 5.32 Å². The third kappa shape index (κ3) is 4.89. The Balaban J connectivity index is 2.78. The number of amides is 1. The summed E-state index contributed by atoms with van der Waals surface area (Å²) in [4.78, 5) is 11.8. The highest BCUT2D eigenvalue weighted by Gasteiger charge is 2.08. The Hall–Kier alpha value is -2.08. The molecule has 1 aromatic rings. The maximum Gasteiger partial charge on any atom is 0.261 e. The molecule has 0 heterocycles. The number of nitriles is 1. The maximum absolute atomic E-state index is 11.8. The molecular formula is C17H22N2O. The van der Waals surface area contributed by atoms with Crippen LogP contribution in [0.2, 0.25) is 0 Å². The van der Waals surface area contributed by atoms with E-state index in [2.05, 4.69) is 26.1 Å². The molecule has 1 rings (SSSR count). The zero-order valence-electron chi connectivity index (χ0n) is 12.4. The number of hydrogen-bond donors (Lipinski definition) is 1. The summed E-state index contributed by atoms with van der Waals surface area (Å²) >= 11 is 0. The summed E-state index contributed by atoms with van der Waals surface area (Å²) < 4.78 is 0. The fourth-order valence-electron chi connectivity index (χ4n) is 1.77. The van der Waals surface area contributed by atoms with Gasteiger partial charge in [-0.05, 0) is 29.5 Å². The van der Waals surface area contributed by atoms with Gasteiger partial charge in [-0.25, -0.2) is 0 Å². The number of unbranched alkanes of at least 4 members (excludes halogenated alkanes) is 1. The molecule has 0 aliphatic heterocycles. The van der Waals surface area contributed by atoms with Crippen LogP contribution in [0.3, 0.4) is 0 Å². The summed E-state index contributed by atoms with van der Waals surface area (Å²) in [6, 6.07) is 9.89. The van der Waals surface area contributed by atoms with Crippen molar-refractivity contribution in [2.75, 3.05) is 6.54 Å². The smallest absolute Gasteiger partial charge is 0.261 e. The maximum atomic E-state index is 11.8. The Morgan fingerprint density at radius 2 is 2.00 bits per heavy atom. The van der Waals surface area contributed by atoms with E-state index in [1.807, 2.05) is 30.3 Å². The van der Waals surface area contributed by atoms with Gasteiger partial charge in [0.15, 0.2) is 0 Å². The molecule has 0 fully saturated rings. The van der Waals surface area contributed by atoms with E-state index in [9.17, 15) is 4.79 Å². The highest BCUT2D eigenvalue weighted by atomic mass is 16.1. The third-order valence-electron chi connectivity index (χ3n) is 3.10. The number of nitrogens with one attached hydrogen (secondary N) is 1. The predicted molar refractivity (Wildman–Crippen MR) is 82.0 cm³/mol. The van der Waals surface area contributed by atoms with Crippen LogP contribution in [0.1, 0.15) is 50.7 Å². The summed E-state index contributed by atoms with van der Waals surface area (Å²) in [5.41, 5.74) is 2.27. The van der Waals surface area contributed by atoms with E-state index < -0.39 is 0 Å². The van der Waals surface area contributed by atoms with Gasteiger partial charge in [-0.3, -0.25) is 4.79 Å². The van der Waals surface area contributed by atoms with Crippen molar-refractivity contribution in [1.82, 2.24) is 5.32 Å². The van der Waals surface area contributed by atoms with Crippen LogP contribution in [-0.2, 0) is 4.79 Å². The van der Waals surface area contributed by atoms with Crippen LogP contribution in [0, 0.1) is 11.3 Å². The van der Waals surface area contributed by atoms with Crippen LogP contribution in [0.25, 0.3) is 6.08 Å². The van der Waals surface area contributed by atoms with Crippen LogP contribution >= 0.6 is 0 Å². The van der Waals surface area contributed by atoms with E-state index in [4.69, 9.17) is 5.26 Å². The van der Waals surface area contributed by atoms with E-state index in [1.54, 1.807) is 6.08 Å². The van der Waals surface area contributed by atoms with E-state index >= 15 is 0 Å². The molecule has 1 aromatic carbocycles. The van der Waals surface area contributed by atoms with Crippen LogP contribution in [0.5, 0.6) is 0 Å². The van der Waals surface area contributed by atoms with Gasteiger partial charge in [0.2, 0.25) is 0 Å². The molecule has 3 nitrogen and oxygen atoms in total. The van der Waals surface area contributed by atoms with Gasteiger partial charge in [-0.15, -0.1) is 0 Å². The van der Waals surface area contributed by atoms with Gasteiger partial charge < -0.3 is 5.32 Å². The summed E-state index contributed by atoms with van der Waals surface area (Å²) in [5.74, 6) is 0.176. The van der Waals surface area contributed by atoms with Gasteiger partial charge >= 0.3 is 0 Å². The Labute approximate surface area is 121 Å². The van der Waals surface area contributed by atoms with Gasteiger partial charge in [-0.1, -0.05) is 51.5 Å². The van der Waals surface area contributed by atoms with E-state index in [-0.39, 0.29) is 11.5 Å². The molecule has 3 heteroatoms. The second kappa shape index (κ2) is 8.16. The largest absolute Gasteiger partial charge is 0.351 e. The van der Waals surface area contributed by atoms with Gasteiger partial charge in [-0.2, -0.15) is 5.26 Å². The molecule has 0 saturated carbocycles. The number of nitrogens with zero attached hydrogens (tertiary/aromatic N) is 1. The summed E-state index contributed by atoms with van der Waals surface area (Å²) in [6.45, 7) is 6.93. The molecule has 0 spiro atoms. The van der Waals surface area contributed by atoms with Crippen molar-refractivity contribution in [3.8, 4) is 6.07 Å². The van der Waals surface area contributed by atoms with Gasteiger partial charge in [0.1, 0.15) is 11.6 Å². The molecule has 20 heavy (non-hydrogen) atoms. The Morgan fingerprint density at radius 1 is 1.35 bits per heavy atom. The molecule has 0 unspecified atom stereocenters. The summed E-state index contributed by atoms with van der Waals surface area (Å²) in [7, 11) is 0. The normalized spacial score (nSPS) is 11.2. The lowest BCUT2D eigenvalue weighted by atomic mass is 10.0. The Kier molecular flexibility index (Phi) is 6.52. The van der Waals surface area contributed by atoms with Crippen molar-refractivity contribution in [3.63, 3.8) is 0 Å². The molecule has 0 aromatic heterocycles. The lowest BCUT2D eigenvalue weighted by Crippen LogP contribution is -2.25. The number of benzene rings is 1. The third-order valence-corrected chi connectivity index (χ3v) is 3.10. The Morgan fingerprint density at radius 3 is 2.50 bits per heavy atom. The number of carbonyl (C=O) groups excluding carboxylic acids is 1. The first kappa shape index (κ1) is 16.0. The topological polar surface area (TPSA) is 52.9 Å². The zero-order valence-corrected chi connectivity index (χ0v) is 12.4. The first-order valence-corrected chi connectivity index (χ1v) is 7.08. The Bertz CT molecular complexity index is 507. The van der Waals surface area contributed by atoms with Crippen molar-refractivity contribution in [2.45, 2.75) is 39.5 Å². The minimum absolute atomic E-state index is 0.151. The second-order valence-electron chi connectivity index (χ2n) is 5.10. The number of carbonyl (C=O) groups is 1. The molecule has 0 radical (unpaired) electrons. The fraction of sp³-hybridized carbons (Fsp3) is 0.412. The molecule has 0 aliphatic carbocycles. The van der Waals surface area contributed by atoms with Crippen LogP contribution in [0.15, 0.2) is 29.8 Å². The lowest BCUT2D eigenvalue weighted by Gasteiger charge is -2.05. The number of hydrogen-bond acceptors (Lipinski definition) is 2. The molecule has 0 aliphatic rings. The molecular weight excluding hydrogens is 248 g/mol. The molecule has 0 saturated heterocycles. The highest BCUT2D eigenvalue weighted by molar-refractivity contribution is 6.01. The molecule has 0 atom stereocenters. The fourth-order valence-corrected chi connectivity index (χ4v) is 1.77. The molecule has 1 amide bonds. The quantitative estimate of drug-likeness (QED) is 0.487. The van der Waals surface area contributed by atoms with Gasteiger partial charge in [0.25, 0.3) is 5.91 Å². The van der Waals surface area contributed by atoms with Gasteiger partial charge in [0.05, 0.1) is 0 Å². The van der Waals surface area contributed by atoms with Crippen LogP contribution in [-0.4, -0.2) is 12.5 Å². The monoisotopic (exact) mass is 270 g/mol. The van der Waals surface area contributed by atoms with Crippen molar-refractivity contribution >= 4 is 12.0 Å². The first-order valence-electron chi connectivity index (χ1n) is 7.08. The lowest BCUT2D eigenvalue weighted by molar-refractivity contribution is -0.117. The second-order valence-corrected chi connectivity index (χ2v) is 5.10. The molecule has 0 bridgehead atoms. The minimum Gasteiger partial charge on any atom is -0.351 e. The molecule has 106 valence electrons. The average Bonchev–Trinajstić information content (AvgIpc) is 2.45. The van der Waals surface area contributed by atoms with E-state index in [1.165, 1.54) is 5.56 Å². The van der Waals surface area contributed by atoms with Crippen molar-refractivity contribution in [2.24, 2.45) is 0 Å². The van der Waals surface area contributed by atoms with Crippen molar-refractivity contribution in [1.29, 1.82) is 5.26 Å². The summed E-state index contributed by atoms with van der Waals surface area (Å²) in [5, 5.41) is 11.8. The van der Waals surface area contributed by atoms with E-state index in [0.29, 0.717) is 12.5 Å². The predicted octanol–water partition coefficient (Wildman–Crippen LogP) is 3.63. The number of rotatable bonds is 6. The SMILES string of the molecule is CCCCNC(=O)/C(C#N)=C/c1ccc(C(C)C)cc1. The summed E-state index contributed by atoms with van der Waals surface area (Å²) in [6.07, 6.45) is 3.57. The standard InChI is InChI=1S/C17H22N2O/c1-4-5-10-19-17(20)16(12-18)11-14-6-8-15(9-7-14)13(2)3/h6-9,11,13H,4-5,10H2,1-3H3,(H,19,20)/b16-11+. The van der Waals surface area contributed by atoms with Crippen molar-refractivity contribution < 1.29 is 4.79 Å². The van der Waals surface area contributed by atoms with E-state index in [0.717, 1.165) is 18.4 Å². The molecule has 1 N–H and O–H groups in total. The zero-order chi connectivity index (χ0) is 15.0. The minimum atomic E-state index is -0.297. The van der Waals surface area contributed by atoms with Crippen LogP contribution in [0.4, 0.5) is 0 Å².